The van der Waals surface area contributed by atoms with Crippen LogP contribution in [0.2, 0.25) is 0 Å². The number of ether oxygens (including phenoxy) is 2. The summed E-state index contributed by atoms with van der Waals surface area (Å²) in [4.78, 5) is 23.2. The van der Waals surface area contributed by atoms with Crippen molar-refractivity contribution in [2.45, 2.75) is 84.2 Å². The number of benzene rings is 1. The minimum absolute atomic E-state index is 0.176. The lowest BCUT2D eigenvalue weighted by Crippen LogP contribution is -2.12. The average molecular weight is 416 g/mol. The topological polar surface area (TPSA) is 52.6 Å². The Morgan fingerprint density at radius 1 is 0.759 bits per heavy atom. The predicted octanol–water partition coefficient (Wildman–Crippen LogP) is 6.00. The van der Waals surface area contributed by atoms with E-state index in [9.17, 15) is 22.8 Å². The van der Waals surface area contributed by atoms with Crippen molar-refractivity contribution in [2.24, 2.45) is 0 Å². The maximum Gasteiger partial charge on any atom is 0.306 e. The van der Waals surface area contributed by atoms with Crippen LogP contribution < -0.4 is 0 Å². The Bertz CT molecular complexity index is 635. The minimum atomic E-state index is -1.39. The fourth-order valence-electron chi connectivity index (χ4n) is 2.80. The fourth-order valence-corrected chi connectivity index (χ4v) is 2.80. The Morgan fingerprint density at radius 2 is 1.28 bits per heavy atom. The molecule has 0 fully saturated rings. The summed E-state index contributed by atoms with van der Waals surface area (Å²) in [6.45, 7) is 1.77. The summed E-state index contributed by atoms with van der Waals surface area (Å²) in [5.41, 5.74) is -0.661. The molecule has 7 heteroatoms. The van der Waals surface area contributed by atoms with Gasteiger partial charge in [-0.2, -0.15) is 0 Å². The third kappa shape index (κ3) is 10.9. The van der Waals surface area contributed by atoms with E-state index in [1.54, 1.807) is 0 Å². The zero-order valence-electron chi connectivity index (χ0n) is 17.1. The summed E-state index contributed by atoms with van der Waals surface area (Å²) in [5, 5.41) is 0. The smallest absolute Gasteiger partial charge is 0.306 e. The van der Waals surface area contributed by atoms with E-state index in [1.165, 1.54) is 38.5 Å². The van der Waals surface area contributed by atoms with Crippen molar-refractivity contribution in [3.63, 3.8) is 0 Å². The molecule has 0 aromatic heterocycles. The first-order valence-corrected chi connectivity index (χ1v) is 10.4. The lowest BCUT2D eigenvalue weighted by molar-refractivity contribution is -0.151. The number of halogens is 3. The number of hydrogen-bond donors (Lipinski definition) is 0. The number of carbonyl (C=O) groups is 2. The highest BCUT2D eigenvalue weighted by Crippen LogP contribution is 2.17. The van der Waals surface area contributed by atoms with Crippen LogP contribution in [-0.2, 0) is 25.7 Å². The summed E-state index contributed by atoms with van der Waals surface area (Å²) in [6, 6.07) is 1.41. The Morgan fingerprint density at radius 3 is 1.90 bits per heavy atom. The number of unbranched alkanes of at least 4 members (excludes halogenated alkanes) is 8. The zero-order chi connectivity index (χ0) is 21.5. The van der Waals surface area contributed by atoms with Crippen LogP contribution in [-0.4, -0.2) is 18.5 Å². The van der Waals surface area contributed by atoms with Gasteiger partial charge in [-0.3, -0.25) is 9.59 Å². The monoisotopic (exact) mass is 416 g/mol. The van der Waals surface area contributed by atoms with E-state index in [4.69, 9.17) is 9.47 Å². The van der Waals surface area contributed by atoms with Crippen LogP contribution in [0.1, 0.15) is 83.1 Å². The molecule has 0 saturated carbocycles. The van der Waals surface area contributed by atoms with Crippen LogP contribution in [0.3, 0.4) is 0 Å². The van der Waals surface area contributed by atoms with E-state index in [-0.39, 0.29) is 12.8 Å². The van der Waals surface area contributed by atoms with E-state index in [0.29, 0.717) is 12.7 Å². The van der Waals surface area contributed by atoms with Crippen LogP contribution in [0.15, 0.2) is 12.1 Å². The molecule has 1 aromatic rings. The van der Waals surface area contributed by atoms with Crippen LogP contribution in [0.4, 0.5) is 13.2 Å². The quantitative estimate of drug-likeness (QED) is 0.200. The molecule has 0 aliphatic carbocycles. The highest BCUT2D eigenvalue weighted by atomic mass is 19.2. The summed E-state index contributed by atoms with van der Waals surface area (Å²) in [7, 11) is 0. The normalized spacial score (nSPS) is 10.8. The molecule has 4 nitrogen and oxygen atoms in total. The van der Waals surface area contributed by atoms with Gasteiger partial charge in [-0.1, -0.05) is 58.3 Å². The third-order valence-electron chi connectivity index (χ3n) is 4.56. The van der Waals surface area contributed by atoms with E-state index < -0.39 is 41.6 Å². The maximum atomic E-state index is 13.5. The molecule has 1 rings (SSSR count). The van der Waals surface area contributed by atoms with Gasteiger partial charge in [0.2, 0.25) is 0 Å². The summed E-state index contributed by atoms with van der Waals surface area (Å²) in [6.07, 6.45) is 9.98. The largest absolute Gasteiger partial charge is 0.466 e. The molecule has 0 bridgehead atoms. The molecule has 0 unspecified atom stereocenters. The lowest BCUT2D eigenvalue weighted by Gasteiger charge is -2.08. The Hall–Kier alpha value is -2.05. The SMILES string of the molecule is CCCCCCCCCCCOC(=O)CCC(=O)OCc1c(F)ccc(F)c1F. The molecular formula is C22H31F3O4. The lowest BCUT2D eigenvalue weighted by atomic mass is 10.1. The van der Waals surface area contributed by atoms with Crippen molar-refractivity contribution >= 4 is 11.9 Å². The molecule has 0 heterocycles. The molecule has 0 amide bonds. The first-order valence-electron chi connectivity index (χ1n) is 10.4. The summed E-state index contributed by atoms with van der Waals surface area (Å²) < 4.78 is 49.7. The molecular weight excluding hydrogens is 385 g/mol. The highest BCUT2D eigenvalue weighted by Gasteiger charge is 2.16. The fraction of sp³-hybridized carbons (Fsp3) is 0.636. The van der Waals surface area contributed by atoms with Gasteiger partial charge in [-0.15, -0.1) is 0 Å². The second kappa shape index (κ2) is 14.9. The number of rotatable bonds is 15. The molecule has 0 aliphatic rings. The zero-order valence-corrected chi connectivity index (χ0v) is 17.1. The molecule has 0 saturated heterocycles. The Kier molecular flexibility index (Phi) is 12.8. The number of esters is 2. The first-order chi connectivity index (χ1) is 14.0. The van der Waals surface area contributed by atoms with E-state index >= 15 is 0 Å². The van der Waals surface area contributed by atoms with E-state index in [1.807, 2.05) is 0 Å². The molecule has 0 radical (unpaired) electrons. The van der Waals surface area contributed by atoms with Crippen molar-refractivity contribution in [2.75, 3.05) is 6.61 Å². The van der Waals surface area contributed by atoms with Gasteiger partial charge in [0.25, 0.3) is 0 Å². The standard InChI is InChI=1S/C22H31F3O4/c1-2-3-4-5-6-7-8-9-10-15-28-20(26)13-14-21(27)29-16-17-18(23)11-12-19(24)22(17)25/h11-12H,2-10,13-16H2,1H3. The second-order valence-electron chi connectivity index (χ2n) is 7.03. The van der Waals surface area contributed by atoms with Gasteiger partial charge in [0.05, 0.1) is 25.0 Å². The molecule has 29 heavy (non-hydrogen) atoms. The van der Waals surface area contributed by atoms with Crippen LogP contribution in [0.25, 0.3) is 0 Å². The van der Waals surface area contributed by atoms with Crippen molar-refractivity contribution in [1.29, 1.82) is 0 Å². The maximum absolute atomic E-state index is 13.5. The minimum Gasteiger partial charge on any atom is -0.466 e. The molecule has 0 aliphatic heterocycles. The van der Waals surface area contributed by atoms with Crippen LogP contribution >= 0.6 is 0 Å². The summed E-state index contributed by atoms with van der Waals surface area (Å²) in [5.74, 6) is -4.95. The van der Waals surface area contributed by atoms with E-state index in [2.05, 4.69) is 6.92 Å². The highest BCUT2D eigenvalue weighted by molar-refractivity contribution is 5.77. The number of carbonyl (C=O) groups excluding carboxylic acids is 2. The van der Waals surface area contributed by atoms with Crippen LogP contribution in [0, 0.1) is 17.5 Å². The summed E-state index contributed by atoms with van der Waals surface area (Å²) >= 11 is 0. The number of hydrogen-bond acceptors (Lipinski definition) is 4. The third-order valence-corrected chi connectivity index (χ3v) is 4.56. The Balaban J connectivity index is 2.07. The molecule has 0 N–H and O–H groups in total. The molecule has 1 aromatic carbocycles. The van der Waals surface area contributed by atoms with Crippen molar-refractivity contribution in [3.8, 4) is 0 Å². The van der Waals surface area contributed by atoms with Gasteiger partial charge in [-0.05, 0) is 18.6 Å². The second-order valence-corrected chi connectivity index (χ2v) is 7.03. The van der Waals surface area contributed by atoms with Gasteiger partial charge in [0.15, 0.2) is 11.6 Å². The van der Waals surface area contributed by atoms with Gasteiger partial charge in [0, 0.05) is 0 Å². The van der Waals surface area contributed by atoms with Gasteiger partial charge in [-0.25, -0.2) is 13.2 Å². The van der Waals surface area contributed by atoms with Crippen molar-refractivity contribution in [3.05, 3.63) is 35.1 Å². The molecule has 164 valence electrons. The van der Waals surface area contributed by atoms with Gasteiger partial charge in [0.1, 0.15) is 12.4 Å². The van der Waals surface area contributed by atoms with Gasteiger partial charge >= 0.3 is 11.9 Å². The van der Waals surface area contributed by atoms with Crippen LogP contribution in [0.5, 0.6) is 0 Å². The molecule has 0 atom stereocenters. The van der Waals surface area contributed by atoms with Gasteiger partial charge < -0.3 is 9.47 Å². The molecule has 0 spiro atoms. The van der Waals surface area contributed by atoms with E-state index in [0.717, 1.165) is 25.3 Å². The predicted molar refractivity (Wildman–Crippen MR) is 104 cm³/mol. The van der Waals surface area contributed by atoms with Crippen molar-refractivity contribution < 1.29 is 32.2 Å². The first kappa shape index (κ1) is 25.0. The van der Waals surface area contributed by atoms with Crippen molar-refractivity contribution in [1.82, 2.24) is 0 Å². The Labute approximate surface area is 170 Å². The average Bonchev–Trinajstić information content (AvgIpc) is 2.70.